The van der Waals surface area contributed by atoms with E-state index in [1.807, 2.05) is 0 Å². The van der Waals surface area contributed by atoms with Crippen LogP contribution in [0, 0.1) is 5.82 Å². The molecule has 0 radical (unpaired) electrons. The highest BCUT2D eigenvalue weighted by Gasteiger charge is 2.41. The number of carbonyl (C=O) groups excluding carboxylic acids is 3. The van der Waals surface area contributed by atoms with Crippen molar-refractivity contribution >= 4 is 35.0 Å². The highest BCUT2D eigenvalue weighted by molar-refractivity contribution is 6.31. The molecule has 6 nitrogen and oxygen atoms in total. The molecule has 2 aromatic carbocycles. The monoisotopic (exact) mass is 507 g/mol. The van der Waals surface area contributed by atoms with Gasteiger partial charge in [0, 0.05) is 41.6 Å². The largest absolute Gasteiger partial charge is 0.351 e. The highest BCUT2D eigenvalue weighted by Crippen LogP contribution is 2.36. The van der Waals surface area contributed by atoms with Crippen molar-refractivity contribution in [3.63, 3.8) is 0 Å². The fourth-order valence-corrected chi connectivity index (χ4v) is 4.79. The fraction of sp³-hybridized carbons (Fsp3) is 0.400. The van der Waals surface area contributed by atoms with E-state index in [1.165, 1.54) is 18.2 Å². The average molecular weight is 508 g/mol. The van der Waals surface area contributed by atoms with E-state index in [2.05, 4.69) is 10.6 Å². The van der Waals surface area contributed by atoms with Gasteiger partial charge in [0.15, 0.2) is 0 Å². The maximum absolute atomic E-state index is 14.2. The lowest BCUT2D eigenvalue weighted by Crippen LogP contribution is -2.52. The second kappa shape index (κ2) is 10.3. The van der Waals surface area contributed by atoms with Crippen molar-refractivity contribution in [3.8, 4) is 0 Å². The molecule has 4 rings (SSSR count). The molecule has 35 heavy (non-hydrogen) atoms. The van der Waals surface area contributed by atoms with Gasteiger partial charge in [0.25, 0.3) is 5.91 Å². The first-order valence-corrected chi connectivity index (χ1v) is 11.8. The van der Waals surface area contributed by atoms with Crippen LogP contribution in [-0.4, -0.2) is 35.7 Å². The molecular formula is C25H25ClF3N3O3. The van der Waals surface area contributed by atoms with Crippen LogP contribution >= 0.6 is 11.6 Å². The Hall–Kier alpha value is -3.07. The van der Waals surface area contributed by atoms with Crippen molar-refractivity contribution in [3.05, 3.63) is 64.9 Å². The normalized spacial score (nSPS) is 20.7. The molecule has 1 heterocycles. The molecule has 2 aliphatic rings. The van der Waals surface area contributed by atoms with Gasteiger partial charge in [-0.05, 0) is 43.5 Å². The van der Waals surface area contributed by atoms with Crippen LogP contribution in [0.2, 0.25) is 5.02 Å². The molecule has 10 heteroatoms. The zero-order valence-electron chi connectivity index (χ0n) is 18.8. The van der Waals surface area contributed by atoms with Gasteiger partial charge in [0.2, 0.25) is 17.7 Å². The van der Waals surface area contributed by atoms with Gasteiger partial charge in [0.05, 0.1) is 0 Å². The van der Waals surface area contributed by atoms with Gasteiger partial charge in [-0.25, -0.2) is 13.2 Å². The van der Waals surface area contributed by atoms with Gasteiger partial charge in [0.1, 0.15) is 17.9 Å². The van der Waals surface area contributed by atoms with Crippen molar-refractivity contribution < 1.29 is 27.6 Å². The van der Waals surface area contributed by atoms with E-state index >= 15 is 0 Å². The SMILES string of the molecule is O=C1CCC(C(=O)N(c2cccc(F)c2)[C@H](C(=O)NC2CCC(F)(F)CC2)c2ccccc2Cl)N1. The molecule has 2 fully saturated rings. The summed E-state index contributed by atoms with van der Waals surface area (Å²) >= 11 is 6.43. The average Bonchev–Trinajstić information content (AvgIpc) is 3.25. The summed E-state index contributed by atoms with van der Waals surface area (Å²) in [6.07, 6.45) is -0.170. The molecule has 1 saturated heterocycles. The van der Waals surface area contributed by atoms with Crippen molar-refractivity contribution in [2.24, 2.45) is 0 Å². The first-order chi connectivity index (χ1) is 16.6. The van der Waals surface area contributed by atoms with Crippen molar-refractivity contribution in [1.82, 2.24) is 10.6 Å². The third-order valence-corrected chi connectivity index (χ3v) is 6.73. The molecule has 2 aromatic rings. The summed E-state index contributed by atoms with van der Waals surface area (Å²) in [5.41, 5.74) is 0.390. The first-order valence-electron chi connectivity index (χ1n) is 11.5. The Labute approximate surface area is 205 Å². The third-order valence-electron chi connectivity index (χ3n) is 6.39. The lowest BCUT2D eigenvalue weighted by atomic mass is 9.91. The second-order valence-electron chi connectivity index (χ2n) is 8.91. The standard InChI is InChI=1S/C25H25ClF3N3O3/c26-19-7-2-1-6-18(19)22(23(34)30-16-10-12-25(28,29)13-11-16)32(17-5-3-4-15(27)14-17)24(35)20-8-9-21(33)31-20/h1-7,14,16,20,22H,8-13H2,(H,30,34)(H,31,33)/t20?,22-/m0/s1. The lowest BCUT2D eigenvalue weighted by molar-refractivity contribution is -0.129. The van der Waals surface area contributed by atoms with E-state index in [9.17, 15) is 27.6 Å². The maximum Gasteiger partial charge on any atom is 0.250 e. The van der Waals surface area contributed by atoms with Crippen LogP contribution in [-0.2, 0) is 14.4 Å². The second-order valence-corrected chi connectivity index (χ2v) is 9.32. The number of carbonyl (C=O) groups is 3. The summed E-state index contributed by atoms with van der Waals surface area (Å²) in [5, 5.41) is 5.59. The number of alkyl halides is 2. The van der Waals surface area contributed by atoms with Crippen molar-refractivity contribution in [2.75, 3.05) is 4.90 Å². The number of nitrogens with zero attached hydrogens (tertiary/aromatic N) is 1. The zero-order chi connectivity index (χ0) is 25.2. The van der Waals surface area contributed by atoms with Crippen LogP contribution in [0.5, 0.6) is 0 Å². The summed E-state index contributed by atoms with van der Waals surface area (Å²) in [4.78, 5) is 40.3. The van der Waals surface area contributed by atoms with E-state index in [4.69, 9.17) is 11.6 Å². The molecule has 0 spiro atoms. The first kappa shape index (κ1) is 25.0. The number of anilines is 1. The van der Waals surface area contributed by atoms with Gasteiger partial charge < -0.3 is 10.6 Å². The summed E-state index contributed by atoms with van der Waals surface area (Å²) in [7, 11) is 0. The van der Waals surface area contributed by atoms with Crippen LogP contribution in [0.1, 0.15) is 50.1 Å². The smallest absolute Gasteiger partial charge is 0.250 e. The quantitative estimate of drug-likeness (QED) is 0.603. The van der Waals surface area contributed by atoms with Gasteiger partial charge in [-0.1, -0.05) is 35.9 Å². The van der Waals surface area contributed by atoms with Gasteiger partial charge in [-0.2, -0.15) is 0 Å². The number of hydrogen-bond donors (Lipinski definition) is 2. The van der Waals surface area contributed by atoms with Crippen LogP contribution in [0.25, 0.3) is 0 Å². The lowest BCUT2D eigenvalue weighted by Gasteiger charge is -2.35. The Balaban J connectivity index is 1.74. The van der Waals surface area contributed by atoms with Gasteiger partial charge >= 0.3 is 0 Å². The predicted octanol–water partition coefficient (Wildman–Crippen LogP) is 4.53. The number of rotatable bonds is 6. The van der Waals surface area contributed by atoms with Crippen LogP contribution in [0.15, 0.2) is 48.5 Å². The van der Waals surface area contributed by atoms with E-state index in [-0.39, 0.29) is 60.7 Å². The molecular weight excluding hydrogens is 483 g/mol. The Kier molecular flexibility index (Phi) is 7.35. The minimum absolute atomic E-state index is 0.0839. The number of benzene rings is 2. The number of hydrogen-bond acceptors (Lipinski definition) is 3. The Bertz CT molecular complexity index is 1120. The topological polar surface area (TPSA) is 78.5 Å². The third kappa shape index (κ3) is 5.78. The summed E-state index contributed by atoms with van der Waals surface area (Å²) < 4.78 is 41.5. The van der Waals surface area contributed by atoms with E-state index < -0.39 is 41.7 Å². The van der Waals surface area contributed by atoms with Gasteiger partial charge in [-0.3, -0.25) is 19.3 Å². The molecule has 2 atom stereocenters. The van der Waals surface area contributed by atoms with Crippen LogP contribution in [0.3, 0.4) is 0 Å². The Morgan fingerprint density at radius 1 is 1.09 bits per heavy atom. The number of nitrogens with one attached hydrogen (secondary N) is 2. The summed E-state index contributed by atoms with van der Waals surface area (Å²) in [6.45, 7) is 0. The zero-order valence-corrected chi connectivity index (χ0v) is 19.5. The maximum atomic E-state index is 14.2. The van der Waals surface area contributed by atoms with Gasteiger partial charge in [-0.15, -0.1) is 0 Å². The van der Waals surface area contributed by atoms with Crippen molar-refractivity contribution in [2.45, 2.75) is 62.6 Å². The fourth-order valence-electron chi connectivity index (χ4n) is 4.56. The molecule has 0 aromatic heterocycles. The van der Waals surface area contributed by atoms with Crippen LogP contribution < -0.4 is 15.5 Å². The minimum atomic E-state index is -2.77. The molecule has 1 aliphatic heterocycles. The number of halogens is 4. The summed E-state index contributed by atoms with van der Waals surface area (Å²) in [5.74, 6) is -4.92. The van der Waals surface area contributed by atoms with E-state index in [0.29, 0.717) is 0 Å². The van der Waals surface area contributed by atoms with Crippen molar-refractivity contribution in [1.29, 1.82) is 0 Å². The predicted molar refractivity (Wildman–Crippen MR) is 125 cm³/mol. The van der Waals surface area contributed by atoms with E-state index in [0.717, 1.165) is 11.0 Å². The molecule has 2 N–H and O–H groups in total. The molecule has 1 saturated carbocycles. The Morgan fingerprint density at radius 2 is 1.80 bits per heavy atom. The van der Waals surface area contributed by atoms with Crippen LogP contribution in [0.4, 0.5) is 18.9 Å². The molecule has 1 unspecified atom stereocenters. The molecule has 186 valence electrons. The molecule has 1 aliphatic carbocycles. The minimum Gasteiger partial charge on any atom is -0.351 e. The Morgan fingerprint density at radius 3 is 2.43 bits per heavy atom. The molecule has 3 amide bonds. The number of amides is 3. The molecule has 0 bridgehead atoms. The van der Waals surface area contributed by atoms with E-state index in [1.54, 1.807) is 24.3 Å². The summed E-state index contributed by atoms with van der Waals surface area (Å²) in [6, 6.07) is 8.92. The highest BCUT2D eigenvalue weighted by atomic mass is 35.5.